The highest BCUT2D eigenvalue weighted by atomic mass is 14.3. The minimum absolute atomic E-state index is 0.0770. The summed E-state index contributed by atoms with van der Waals surface area (Å²) in [6.45, 7) is 28.2. The quantitative estimate of drug-likeness (QED) is 0.253. The first-order chi connectivity index (χ1) is 17.0. The molecule has 0 atom stereocenters. The maximum absolute atomic E-state index is 3.85. The molecule has 0 nitrogen and oxygen atoms in total. The van der Waals surface area contributed by atoms with Gasteiger partial charge in [-0.3, -0.25) is 0 Å². The number of hydrogen-bond donors (Lipinski definition) is 0. The van der Waals surface area contributed by atoms with Crippen molar-refractivity contribution in [2.24, 2.45) is 0 Å². The van der Waals surface area contributed by atoms with Crippen LogP contribution >= 0.6 is 0 Å². The maximum Gasteiger partial charge on any atom is -0.00130 e. The molecule has 0 fully saturated rings. The van der Waals surface area contributed by atoms with E-state index in [1.807, 2.05) is 0 Å². The van der Waals surface area contributed by atoms with Crippen LogP contribution in [-0.4, -0.2) is 0 Å². The molecular weight excluding hydrogens is 444 g/mol. The van der Waals surface area contributed by atoms with Gasteiger partial charge in [0.05, 0.1) is 0 Å². The lowest BCUT2D eigenvalue weighted by Gasteiger charge is -2.30. The topological polar surface area (TPSA) is 0 Å². The molecule has 0 aromatic heterocycles. The third kappa shape index (κ3) is 9.30. The molecule has 0 bridgehead atoms. The Labute approximate surface area is 232 Å². The van der Waals surface area contributed by atoms with Gasteiger partial charge in [0.15, 0.2) is 0 Å². The molecule has 206 valence electrons. The van der Waals surface area contributed by atoms with Crippen LogP contribution in [0.15, 0.2) is 24.3 Å². The molecule has 0 heteroatoms. The van der Waals surface area contributed by atoms with Gasteiger partial charge >= 0.3 is 0 Å². The lowest BCUT2D eigenvalue weighted by Crippen LogP contribution is -2.21. The predicted molar refractivity (Wildman–Crippen MR) is 165 cm³/mol. The van der Waals surface area contributed by atoms with Crippen LogP contribution < -0.4 is 0 Å². The zero-order valence-electron chi connectivity index (χ0n) is 26.7. The van der Waals surface area contributed by atoms with Gasteiger partial charge in [-0.05, 0) is 86.4 Å². The van der Waals surface area contributed by atoms with Crippen molar-refractivity contribution in [3.8, 4) is 0 Å². The van der Waals surface area contributed by atoms with Crippen molar-refractivity contribution in [2.45, 2.75) is 163 Å². The lowest BCUT2D eigenvalue weighted by atomic mass is 9.74. The second kappa shape index (κ2) is 12.5. The fourth-order valence-corrected chi connectivity index (χ4v) is 5.17. The summed E-state index contributed by atoms with van der Waals surface area (Å²) in [6, 6.07) is 17.5. The highest BCUT2D eigenvalue weighted by Gasteiger charge is 2.26. The van der Waals surface area contributed by atoms with Crippen molar-refractivity contribution >= 4 is 0 Å². The maximum atomic E-state index is 3.85. The second-order valence-corrected chi connectivity index (χ2v) is 15.0. The summed E-state index contributed by atoms with van der Waals surface area (Å²) in [5, 5.41) is 0. The summed E-state index contributed by atoms with van der Waals surface area (Å²) in [6.07, 6.45) is 11.1. The molecule has 2 aromatic rings. The van der Waals surface area contributed by atoms with Crippen LogP contribution in [0, 0.1) is 12.1 Å². The van der Waals surface area contributed by atoms with Crippen LogP contribution in [0.2, 0.25) is 0 Å². The van der Waals surface area contributed by atoms with Crippen molar-refractivity contribution < 1.29 is 0 Å². The Hall–Kier alpha value is -1.56. The van der Waals surface area contributed by atoms with E-state index >= 15 is 0 Å². The normalized spacial score (nSPS) is 13.3. The van der Waals surface area contributed by atoms with Crippen LogP contribution in [0.4, 0.5) is 0 Å². The monoisotopic (exact) mass is 502 g/mol. The molecule has 0 unspecified atom stereocenters. The third-order valence-corrected chi connectivity index (χ3v) is 8.22. The fraction of sp³-hybridized carbons (Fsp3) is 0.676. The Morgan fingerprint density at radius 1 is 0.514 bits per heavy atom. The van der Waals surface area contributed by atoms with Crippen molar-refractivity contribution in [2.75, 3.05) is 0 Å². The van der Waals surface area contributed by atoms with E-state index in [-0.39, 0.29) is 21.7 Å². The summed E-state index contributed by atoms with van der Waals surface area (Å²) in [7, 11) is 0. The summed E-state index contributed by atoms with van der Waals surface area (Å²) in [5.74, 6) is 0. The van der Waals surface area contributed by atoms with Crippen LogP contribution in [0.1, 0.15) is 168 Å². The van der Waals surface area contributed by atoms with Gasteiger partial charge in [-0.25, -0.2) is 0 Å². The van der Waals surface area contributed by atoms with Gasteiger partial charge in [0.1, 0.15) is 0 Å². The zero-order chi connectivity index (χ0) is 28.1. The van der Waals surface area contributed by atoms with E-state index in [9.17, 15) is 0 Å². The van der Waals surface area contributed by atoms with Crippen LogP contribution in [-0.2, 0) is 28.1 Å². The molecule has 0 heterocycles. The van der Waals surface area contributed by atoms with Gasteiger partial charge in [0, 0.05) is 0 Å². The van der Waals surface area contributed by atoms with E-state index < -0.39 is 0 Å². The lowest BCUT2D eigenvalue weighted by molar-refractivity contribution is 0.448. The summed E-state index contributed by atoms with van der Waals surface area (Å²) in [4.78, 5) is 0. The van der Waals surface area contributed by atoms with Crippen molar-refractivity contribution in [3.63, 3.8) is 0 Å². The molecule has 0 aliphatic carbocycles. The van der Waals surface area contributed by atoms with Crippen molar-refractivity contribution in [3.05, 3.63) is 69.8 Å². The van der Waals surface area contributed by atoms with E-state index in [1.54, 1.807) is 0 Å². The van der Waals surface area contributed by atoms with Gasteiger partial charge < -0.3 is 0 Å². The zero-order valence-corrected chi connectivity index (χ0v) is 26.7. The Kier molecular flexibility index (Phi) is 10.7. The number of hydrogen-bond acceptors (Lipinski definition) is 0. The van der Waals surface area contributed by atoms with Gasteiger partial charge in [0.25, 0.3) is 0 Å². The van der Waals surface area contributed by atoms with Gasteiger partial charge in [0.2, 0.25) is 0 Å². The SMILES string of the molecule is CCCCCC(C)(C)c1cc(Cc2[c]c(C(C)(C)C)cc(C(C)(C)CCCCC)c2)[c]c(C(C)(C)C)c1. The standard InChI is InChI=1S/C37H58/c1-13-15-17-19-36(9,10)32-24-28(22-30(26-32)34(3,4)5)21-29-23-31(35(6,7)8)27-33(25-29)37(11,12)20-18-16-14-2/h24-27H,13-21H2,1-12H3. The average molecular weight is 503 g/mol. The van der Waals surface area contributed by atoms with Gasteiger partial charge in [-0.2, -0.15) is 0 Å². The Morgan fingerprint density at radius 2 is 0.865 bits per heavy atom. The highest BCUT2D eigenvalue weighted by Crippen LogP contribution is 2.36. The van der Waals surface area contributed by atoms with Gasteiger partial charge in [-0.1, -0.05) is 146 Å². The first-order valence-corrected chi connectivity index (χ1v) is 15.1. The fourth-order valence-electron chi connectivity index (χ4n) is 5.17. The molecule has 2 aromatic carbocycles. The molecule has 0 amide bonds. The van der Waals surface area contributed by atoms with E-state index in [0.717, 1.165) is 6.42 Å². The first kappa shape index (κ1) is 31.7. The minimum atomic E-state index is 0.0770. The Morgan fingerprint density at radius 3 is 1.16 bits per heavy atom. The molecule has 2 rings (SSSR count). The van der Waals surface area contributed by atoms with Crippen LogP contribution in [0.25, 0.3) is 0 Å². The molecule has 0 aliphatic heterocycles. The minimum Gasteiger partial charge on any atom is -0.0654 e. The molecule has 0 aliphatic rings. The largest absolute Gasteiger partial charge is 0.0654 e. The van der Waals surface area contributed by atoms with E-state index in [2.05, 4.69) is 119 Å². The Bertz CT molecular complexity index is 906. The smallest absolute Gasteiger partial charge is 0.00130 e. The van der Waals surface area contributed by atoms with E-state index in [0.29, 0.717) is 0 Å². The van der Waals surface area contributed by atoms with Crippen molar-refractivity contribution in [1.29, 1.82) is 0 Å². The van der Waals surface area contributed by atoms with Crippen LogP contribution in [0.5, 0.6) is 0 Å². The van der Waals surface area contributed by atoms with E-state index in [4.69, 9.17) is 0 Å². The summed E-state index contributed by atoms with van der Waals surface area (Å²) in [5.41, 5.74) is 8.70. The second-order valence-electron chi connectivity index (χ2n) is 15.0. The molecule has 0 saturated heterocycles. The first-order valence-electron chi connectivity index (χ1n) is 15.1. The molecule has 0 N–H and O–H groups in total. The average Bonchev–Trinajstić information content (AvgIpc) is 2.77. The summed E-state index contributed by atoms with van der Waals surface area (Å²) < 4.78 is 0. The molecule has 0 saturated carbocycles. The van der Waals surface area contributed by atoms with Gasteiger partial charge in [-0.15, -0.1) is 0 Å². The molecule has 0 spiro atoms. The molecule has 2 radical (unpaired) electrons. The van der Waals surface area contributed by atoms with Crippen LogP contribution in [0.3, 0.4) is 0 Å². The number of benzene rings is 2. The molecular formula is C37H58. The Balaban J connectivity index is 2.55. The van der Waals surface area contributed by atoms with E-state index in [1.165, 1.54) is 84.7 Å². The number of rotatable bonds is 12. The molecule has 37 heavy (non-hydrogen) atoms. The predicted octanol–water partition coefficient (Wildman–Crippen LogP) is 11.2. The number of unbranched alkanes of at least 4 members (excludes halogenated alkanes) is 4. The third-order valence-electron chi connectivity index (χ3n) is 8.22. The van der Waals surface area contributed by atoms with Crippen molar-refractivity contribution in [1.82, 2.24) is 0 Å². The summed E-state index contributed by atoms with van der Waals surface area (Å²) >= 11 is 0. The highest BCUT2D eigenvalue weighted by molar-refractivity contribution is 5.42.